The summed E-state index contributed by atoms with van der Waals surface area (Å²) in [5.74, 6) is 0.587. The Hall–Kier alpha value is -2.29. The average molecular weight is 346 g/mol. The van der Waals surface area contributed by atoms with Crippen molar-refractivity contribution >= 4 is 23.4 Å². The van der Waals surface area contributed by atoms with Gasteiger partial charge in [-0.2, -0.15) is 5.26 Å². The highest BCUT2D eigenvalue weighted by molar-refractivity contribution is 6.31. The molecule has 0 fully saturated rings. The maximum atomic E-state index is 12.5. The molecule has 0 spiro atoms. The van der Waals surface area contributed by atoms with Crippen LogP contribution in [0.3, 0.4) is 0 Å². The standard InChI is InChI=1S/C18H20ClN3O2/c1-11-13(3)24-18(15(11)9-20)21-17(23)12(2)22(4)10-14-7-5-6-8-16(14)19/h5-8,12H,10H2,1-4H3,(H,21,23). The number of anilines is 1. The monoisotopic (exact) mass is 345 g/mol. The Bertz CT molecular complexity index is 792. The van der Waals surface area contributed by atoms with E-state index in [2.05, 4.69) is 11.4 Å². The van der Waals surface area contributed by atoms with Crippen molar-refractivity contribution in [3.8, 4) is 6.07 Å². The summed E-state index contributed by atoms with van der Waals surface area (Å²) < 4.78 is 5.48. The lowest BCUT2D eigenvalue weighted by Crippen LogP contribution is -2.39. The van der Waals surface area contributed by atoms with Gasteiger partial charge in [0, 0.05) is 17.1 Å². The molecule has 0 bridgehead atoms. The van der Waals surface area contributed by atoms with Crippen LogP contribution in [0.4, 0.5) is 5.88 Å². The second-order valence-electron chi connectivity index (χ2n) is 5.77. The Kier molecular flexibility index (Phi) is 5.66. The van der Waals surface area contributed by atoms with Gasteiger partial charge in [-0.3, -0.25) is 15.0 Å². The molecule has 5 nitrogen and oxygen atoms in total. The SMILES string of the molecule is Cc1oc(NC(=O)C(C)N(C)Cc2ccccc2Cl)c(C#N)c1C. The average Bonchev–Trinajstić information content (AvgIpc) is 2.82. The van der Waals surface area contributed by atoms with Gasteiger partial charge >= 0.3 is 0 Å². The number of benzene rings is 1. The molecule has 1 aromatic carbocycles. The number of halogens is 1. The third kappa shape index (κ3) is 3.78. The van der Waals surface area contributed by atoms with E-state index in [9.17, 15) is 10.1 Å². The molecule has 0 aliphatic carbocycles. The zero-order chi connectivity index (χ0) is 17.9. The lowest BCUT2D eigenvalue weighted by atomic mass is 10.1. The normalized spacial score (nSPS) is 12.0. The summed E-state index contributed by atoms with van der Waals surface area (Å²) in [7, 11) is 1.84. The molecule has 1 atom stereocenters. The van der Waals surface area contributed by atoms with Crippen LogP contribution in [0.1, 0.15) is 29.4 Å². The lowest BCUT2D eigenvalue weighted by molar-refractivity contribution is -0.120. The van der Waals surface area contributed by atoms with Crippen LogP contribution in [0, 0.1) is 25.2 Å². The zero-order valence-electron chi connectivity index (χ0n) is 14.2. The van der Waals surface area contributed by atoms with Crippen molar-refractivity contribution in [3.63, 3.8) is 0 Å². The van der Waals surface area contributed by atoms with Crippen molar-refractivity contribution in [2.24, 2.45) is 0 Å². The molecular weight excluding hydrogens is 326 g/mol. The molecule has 0 saturated carbocycles. The molecule has 1 unspecified atom stereocenters. The molecule has 0 saturated heterocycles. The molecule has 1 heterocycles. The Morgan fingerprint density at radius 2 is 2.08 bits per heavy atom. The van der Waals surface area contributed by atoms with Gasteiger partial charge in [0.25, 0.3) is 0 Å². The molecule has 0 aliphatic rings. The third-order valence-electron chi connectivity index (χ3n) is 4.15. The van der Waals surface area contributed by atoms with E-state index in [0.717, 1.165) is 11.1 Å². The Balaban J connectivity index is 2.08. The van der Waals surface area contributed by atoms with Gasteiger partial charge in [0.1, 0.15) is 17.4 Å². The number of nitrogens with zero attached hydrogens (tertiary/aromatic N) is 2. The van der Waals surface area contributed by atoms with Crippen molar-refractivity contribution < 1.29 is 9.21 Å². The fourth-order valence-electron chi connectivity index (χ4n) is 2.30. The molecule has 0 radical (unpaired) electrons. The van der Waals surface area contributed by atoms with Gasteiger partial charge in [-0.15, -0.1) is 0 Å². The Morgan fingerprint density at radius 1 is 1.42 bits per heavy atom. The van der Waals surface area contributed by atoms with Crippen LogP contribution in [0.2, 0.25) is 5.02 Å². The third-order valence-corrected chi connectivity index (χ3v) is 4.52. The molecule has 1 aromatic heterocycles. The van der Waals surface area contributed by atoms with Crippen molar-refractivity contribution in [3.05, 3.63) is 51.7 Å². The number of nitriles is 1. The molecule has 1 N–H and O–H groups in total. The second kappa shape index (κ2) is 7.52. The maximum Gasteiger partial charge on any atom is 0.243 e. The molecule has 24 heavy (non-hydrogen) atoms. The first-order chi connectivity index (χ1) is 11.3. The largest absolute Gasteiger partial charge is 0.444 e. The highest BCUT2D eigenvalue weighted by Crippen LogP contribution is 2.25. The predicted octanol–water partition coefficient (Wildman–Crippen LogP) is 3.88. The highest BCUT2D eigenvalue weighted by Gasteiger charge is 2.23. The van der Waals surface area contributed by atoms with Crippen LogP contribution in [0.25, 0.3) is 0 Å². The molecule has 1 amide bonds. The Morgan fingerprint density at radius 3 is 2.71 bits per heavy atom. The van der Waals surface area contributed by atoms with Crippen molar-refractivity contribution in [1.82, 2.24) is 4.90 Å². The van der Waals surface area contributed by atoms with Crippen molar-refractivity contribution in [2.75, 3.05) is 12.4 Å². The summed E-state index contributed by atoms with van der Waals surface area (Å²) in [6, 6.07) is 9.18. The second-order valence-corrected chi connectivity index (χ2v) is 6.18. The molecule has 2 rings (SSSR count). The number of hydrogen-bond acceptors (Lipinski definition) is 4. The van der Waals surface area contributed by atoms with E-state index in [0.29, 0.717) is 22.9 Å². The van der Waals surface area contributed by atoms with Crippen LogP contribution in [-0.2, 0) is 11.3 Å². The maximum absolute atomic E-state index is 12.5. The van der Waals surface area contributed by atoms with Crippen LogP contribution in [0.15, 0.2) is 28.7 Å². The minimum Gasteiger partial charge on any atom is -0.444 e. The van der Waals surface area contributed by atoms with Gasteiger partial charge in [0.2, 0.25) is 11.8 Å². The van der Waals surface area contributed by atoms with E-state index < -0.39 is 6.04 Å². The molecule has 2 aromatic rings. The van der Waals surface area contributed by atoms with Gasteiger partial charge in [-0.1, -0.05) is 29.8 Å². The topological polar surface area (TPSA) is 69.3 Å². The predicted molar refractivity (Wildman–Crippen MR) is 93.9 cm³/mol. The first kappa shape index (κ1) is 18.1. The summed E-state index contributed by atoms with van der Waals surface area (Å²) in [4.78, 5) is 14.3. The summed E-state index contributed by atoms with van der Waals surface area (Å²) in [6.07, 6.45) is 0. The minimum absolute atomic E-state index is 0.204. The van der Waals surface area contributed by atoms with Crippen LogP contribution >= 0.6 is 11.6 Å². The smallest absolute Gasteiger partial charge is 0.243 e. The molecule has 126 valence electrons. The number of carbonyl (C=O) groups excluding carboxylic acids is 1. The zero-order valence-corrected chi connectivity index (χ0v) is 14.9. The summed E-state index contributed by atoms with van der Waals surface area (Å²) in [6.45, 7) is 5.88. The number of likely N-dealkylation sites (N-methyl/N-ethyl adjacent to an activating group) is 1. The van der Waals surface area contributed by atoms with Gasteiger partial charge < -0.3 is 4.42 Å². The van der Waals surface area contributed by atoms with Crippen LogP contribution in [-0.4, -0.2) is 23.9 Å². The van der Waals surface area contributed by atoms with E-state index in [-0.39, 0.29) is 11.8 Å². The number of nitrogens with one attached hydrogen (secondary N) is 1. The molecule has 6 heteroatoms. The number of amides is 1. The van der Waals surface area contributed by atoms with Gasteiger partial charge in [-0.05, 0) is 39.4 Å². The van der Waals surface area contributed by atoms with E-state index in [1.54, 1.807) is 20.8 Å². The van der Waals surface area contributed by atoms with Gasteiger partial charge in [-0.25, -0.2) is 0 Å². The van der Waals surface area contributed by atoms with Crippen molar-refractivity contribution in [1.29, 1.82) is 5.26 Å². The van der Waals surface area contributed by atoms with E-state index in [4.69, 9.17) is 16.0 Å². The number of aryl methyl sites for hydroxylation is 1. The lowest BCUT2D eigenvalue weighted by Gasteiger charge is -2.24. The number of furan rings is 1. The molecule has 0 aliphatic heterocycles. The first-order valence-electron chi connectivity index (χ1n) is 7.59. The minimum atomic E-state index is -0.418. The molecular formula is C18H20ClN3O2. The van der Waals surface area contributed by atoms with Crippen LogP contribution < -0.4 is 5.32 Å². The summed E-state index contributed by atoms with van der Waals surface area (Å²) in [5, 5.41) is 12.6. The first-order valence-corrected chi connectivity index (χ1v) is 7.97. The van der Waals surface area contributed by atoms with Gasteiger partial charge in [0.15, 0.2) is 0 Å². The van der Waals surface area contributed by atoms with Gasteiger partial charge in [0.05, 0.1) is 6.04 Å². The number of rotatable bonds is 5. The number of carbonyl (C=O) groups is 1. The summed E-state index contributed by atoms with van der Waals surface area (Å²) in [5.41, 5.74) is 2.05. The fourth-order valence-corrected chi connectivity index (χ4v) is 2.49. The fraction of sp³-hybridized carbons (Fsp3) is 0.333. The van der Waals surface area contributed by atoms with E-state index >= 15 is 0 Å². The van der Waals surface area contributed by atoms with E-state index in [1.807, 2.05) is 36.2 Å². The highest BCUT2D eigenvalue weighted by atomic mass is 35.5. The summed E-state index contributed by atoms with van der Waals surface area (Å²) >= 11 is 6.16. The quantitative estimate of drug-likeness (QED) is 0.892. The Labute approximate surface area is 146 Å². The van der Waals surface area contributed by atoms with Crippen molar-refractivity contribution in [2.45, 2.75) is 33.4 Å². The van der Waals surface area contributed by atoms with E-state index in [1.165, 1.54) is 0 Å². The number of hydrogen-bond donors (Lipinski definition) is 1. The van der Waals surface area contributed by atoms with Crippen LogP contribution in [0.5, 0.6) is 0 Å².